The van der Waals surface area contributed by atoms with Crippen LogP contribution in [0.5, 0.6) is 0 Å². The van der Waals surface area contributed by atoms with Gasteiger partial charge in [0.2, 0.25) is 15.8 Å². The van der Waals surface area contributed by atoms with Gasteiger partial charge < -0.3 is 4.90 Å². The van der Waals surface area contributed by atoms with Gasteiger partial charge in [0.05, 0.1) is 11.2 Å². The summed E-state index contributed by atoms with van der Waals surface area (Å²) in [7, 11) is -1.78. The monoisotopic (exact) mass is 381 g/mol. The molecule has 0 aromatic carbocycles. The predicted octanol–water partition coefficient (Wildman–Crippen LogP) is 0.463. The lowest BCUT2D eigenvalue weighted by Crippen LogP contribution is -2.46. The number of rotatable bonds is 4. The van der Waals surface area contributed by atoms with E-state index in [1.807, 2.05) is 0 Å². The Morgan fingerprint density at radius 1 is 1.31 bits per heavy atom. The van der Waals surface area contributed by atoms with Crippen LogP contribution in [0.1, 0.15) is 12.8 Å². The number of fused-ring (bicyclic) bond motifs is 1. The average molecular weight is 381 g/mol. The van der Waals surface area contributed by atoms with Crippen molar-refractivity contribution < 1.29 is 13.3 Å². The molecule has 1 aliphatic rings. The van der Waals surface area contributed by atoms with Gasteiger partial charge in [-0.15, -0.1) is 0 Å². The van der Waals surface area contributed by atoms with Crippen LogP contribution >= 0.6 is 0 Å². The maximum atomic E-state index is 12.5. The van der Waals surface area contributed by atoms with Gasteiger partial charge in [-0.1, -0.05) is 6.07 Å². The fourth-order valence-electron chi connectivity index (χ4n) is 3.16. The van der Waals surface area contributed by atoms with E-state index in [4.69, 9.17) is 0 Å². The largest absolute Gasteiger partial charge is 0.376 e. The fraction of sp³-hybridized carbons (Fsp3) is 0.467. The molecule has 2 aromatic heterocycles. The van der Waals surface area contributed by atoms with Gasteiger partial charge >= 0.3 is 11.2 Å². The highest BCUT2D eigenvalue weighted by Gasteiger charge is 2.32. The van der Waals surface area contributed by atoms with Crippen LogP contribution in [0.4, 0.5) is 11.5 Å². The Bertz CT molecular complexity index is 1010. The molecule has 0 bridgehead atoms. The second-order valence-electron chi connectivity index (χ2n) is 6.27. The van der Waals surface area contributed by atoms with E-state index in [0.717, 1.165) is 10.7 Å². The summed E-state index contributed by atoms with van der Waals surface area (Å²) in [5, 5.41) is 11.5. The number of piperidine rings is 1. The molecule has 0 atom stereocenters. The predicted molar refractivity (Wildman–Crippen MR) is 96.0 cm³/mol. The first kappa shape index (κ1) is 18.3. The summed E-state index contributed by atoms with van der Waals surface area (Å²) in [6, 6.07) is 4.73. The molecule has 0 unspecified atom stereocenters. The summed E-state index contributed by atoms with van der Waals surface area (Å²) in [4.78, 5) is 29.3. The molecule has 2 aromatic rings. The standard InChI is InChI=1S/C15H19N5O5S/c1-17(26(2,24)25)11-6-9-18(10-7-11)14-13(20(22)23)15(21)19-8-4-3-5-12(19)16-14/h3-5,8,11H,6-7,9-10H2,1-2H3. The average Bonchev–Trinajstić information content (AvgIpc) is 2.60. The molecule has 1 fully saturated rings. The fourth-order valence-corrected chi connectivity index (χ4v) is 3.91. The van der Waals surface area contributed by atoms with Crippen molar-refractivity contribution in [2.45, 2.75) is 18.9 Å². The van der Waals surface area contributed by atoms with Crippen LogP contribution in [0.3, 0.4) is 0 Å². The molecule has 10 nitrogen and oxygen atoms in total. The third-order valence-electron chi connectivity index (χ3n) is 4.68. The topological polar surface area (TPSA) is 118 Å². The Balaban J connectivity index is 1.96. The lowest BCUT2D eigenvalue weighted by Gasteiger charge is -2.35. The summed E-state index contributed by atoms with van der Waals surface area (Å²) >= 11 is 0. The molecule has 1 aliphatic heterocycles. The van der Waals surface area contributed by atoms with Crippen LogP contribution in [0.15, 0.2) is 29.2 Å². The minimum atomic E-state index is -3.30. The molecule has 26 heavy (non-hydrogen) atoms. The van der Waals surface area contributed by atoms with Crippen molar-refractivity contribution in [2.24, 2.45) is 0 Å². The van der Waals surface area contributed by atoms with Crippen LogP contribution < -0.4 is 10.5 Å². The Hall–Kier alpha value is -2.53. The molecule has 0 radical (unpaired) electrons. The van der Waals surface area contributed by atoms with E-state index in [2.05, 4.69) is 4.98 Å². The number of aromatic nitrogens is 2. The zero-order chi connectivity index (χ0) is 19.1. The van der Waals surface area contributed by atoms with Gasteiger partial charge in [0.1, 0.15) is 5.65 Å². The molecule has 0 spiro atoms. The van der Waals surface area contributed by atoms with Gasteiger partial charge in [0, 0.05) is 32.4 Å². The highest BCUT2D eigenvalue weighted by Crippen LogP contribution is 2.27. The molecule has 3 heterocycles. The molecule has 11 heteroatoms. The zero-order valence-electron chi connectivity index (χ0n) is 14.4. The van der Waals surface area contributed by atoms with Gasteiger partial charge in [-0.25, -0.2) is 17.7 Å². The smallest absolute Gasteiger partial charge is 0.351 e. The van der Waals surface area contributed by atoms with Crippen molar-refractivity contribution in [2.75, 3.05) is 31.3 Å². The lowest BCUT2D eigenvalue weighted by molar-refractivity contribution is -0.385. The van der Waals surface area contributed by atoms with E-state index >= 15 is 0 Å². The van der Waals surface area contributed by atoms with Gasteiger partial charge in [-0.05, 0) is 25.0 Å². The van der Waals surface area contributed by atoms with Crippen LogP contribution in [-0.2, 0) is 10.0 Å². The molecule has 3 rings (SSSR count). The van der Waals surface area contributed by atoms with E-state index in [1.54, 1.807) is 23.1 Å². The molecule has 140 valence electrons. The maximum absolute atomic E-state index is 12.5. The SMILES string of the molecule is CN(C1CCN(c2nc3ccccn3c(=O)c2[N+](=O)[O-])CC1)S(C)(=O)=O. The molecule has 1 saturated heterocycles. The first-order valence-corrected chi connectivity index (χ1v) is 9.88. The number of pyridine rings is 1. The van der Waals surface area contributed by atoms with Crippen molar-refractivity contribution in [1.29, 1.82) is 0 Å². The third kappa shape index (κ3) is 3.27. The summed E-state index contributed by atoms with van der Waals surface area (Å²) in [5.41, 5.74) is -0.969. The second kappa shape index (κ2) is 6.65. The summed E-state index contributed by atoms with van der Waals surface area (Å²) in [6.07, 6.45) is 3.58. The van der Waals surface area contributed by atoms with Gasteiger partial charge in [0.25, 0.3) is 0 Å². The second-order valence-corrected chi connectivity index (χ2v) is 8.31. The summed E-state index contributed by atoms with van der Waals surface area (Å²) in [6.45, 7) is 0.752. The molecule has 0 saturated carbocycles. The van der Waals surface area contributed by atoms with E-state index < -0.39 is 26.2 Å². The Morgan fingerprint density at radius 2 is 1.96 bits per heavy atom. The number of sulfonamides is 1. The Labute approximate surface area is 149 Å². The summed E-state index contributed by atoms with van der Waals surface area (Å²) < 4.78 is 25.8. The Morgan fingerprint density at radius 3 is 2.54 bits per heavy atom. The van der Waals surface area contributed by atoms with Gasteiger partial charge in [-0.2, -0.15) is 0 Å². The molecule has 0 aliphatic carbocycles. The van der Waals surface area contributed by atoms with Crippen LogP contribution in [0.25, 0.3) is 5.65 Å². The van der Waals surface area contributed by atoms with E-state index in [0.29, 0.717) is 31.6 Å². The van der Waals surface area contributed by atoms with Crippen molar-refractivity contribution in [3.8, 4) is 0 Å². The first-order chi connectivity index (χ1) is 12.2. The molecule has 0 N–H and O–H groups in total. The van der Waals surface area contributed by atoms with Crippen molar-refractivity contribution in [3.63, 3.8) is 0 Å². The number of anilines is 1. The number of nitro groups is 1. The lowest BCUT2D eigenvalue weighted by atomic mass is 10.1. The van der Waals surface area contributed by atoms with Crippen LogP contribution in [0, 0.1) is 10.1 Å². The number of hydrogen-bond acceptors (Lipinski definition) is 7. The highest BCUT2D eigenvalue weighted by atomic mass is 32.2. The molecule has 0 amide bonds. The minimum Gasteiger partial charge on any atom is -0.351 e. The number of nitrogens with zero attached hydrogens (tertiary/aromatic N) is 5. The zero-order valence-corrected chi connectivity index (χ0v) is 15.2. The van der Waals surface area contributed by atoms with Gasteiger partial charge in [-0.3, -0.25) is 19.3 Å². The third-order valence-corrected chi connectivity index (χ3v) is 6.02. The molecular weight excluding hydrogens is 362 g/mol. The van der Waals surface area contributed by atoms with Crippen molar-refractivity contribution in [1.82, 2.24) is 13.7 Å². The van der Waals surface area contributed by atoms with Crippen molar-refractivity contribution >= 4 is 27.2 Å². The van der Waals surface area contributed by atoms with Crippen LogP contribution in [-0.4, -0.2) is 59.5 Å². The normalized spacial score (nSPS) is 16.3. The quantitative estimate of drug-likeness (QED) is 0.558. The van der Waals surface area contributed by atoms with E-state index in [1.165, 1.54) is 17.5 Å². The van der Waals surface area contributed by atoms with Crippen molar-refractivity contribution in [3.05, 3.63) is 44.9 Å². The maximum Gasteiger partial charge on any atom is 0.376 e. The molecular formula is C15H19N5O5S. The number of hydrogen-bond donors (Lipinski definition) is 0. The Kier molecular flexibility index (Phi) is 4.67. The van der Waals surface area contributed by atoms with Crippen LogP contribution in [0.2, 0.25) is 0 Å². The minimum absolute atomic E-state index is 0.0339. The van der Waals surface area contributed by atoms with E-state index in [9.17, 15) is 23.3 Å². The highest BCUT2D eigenvalue weighted by molar-refractivity contribution is 7.88. The first-order valence-electron chi connectivity index (χ1n) is 8.04. The van der Waals surface area contributed by atoms with E-state index in [-0.39, 0.29) is 11.9 Å². The summed E-state index contributed by atoms with van der Waals surface area (Å²) in [5.74, 6) is 0.0339. The van der Waals surface area contributed by atoms with Gasteiger partial charge in [0.15, 0.2) is 0 Å².